The van der Waals surface area contributed by atoms with Crippen LogP contribution in [0.1, 0.15) is 48.9 Å². The van der Waals surface area contributed by atoms with Crippen LogP contribution in [0.3, 0.4) is 0 Å². The van der Waals surface area contributed by atoms with E-state index in [0.29, 0.717) is 58.2 Å². The van der Waals surface area contributed by atoms with Crippen molar-refractivity contribution in [2.45, 2.75) is 63.2 Å². The van der Waals surface area contributed by atoms with Gasteiger partial charge in [0, 0.05) is 42.7 Å². The number of nitrogens with one attached hydrogen (secondary N) is 3. The molecule has 0 saturated heterocycles. The molecular formula is C45H54ClN7O8. The zero-order valence-electron chi connectivity index (χ0n) is 34.3. The number of amides is 4. The predicted octanol–water partition coefficient (Wildman–Crippen LogP) is 3.34. The van der Waals surface area contributed by atoms with Crippen molar-refractivity contribution in [2.24, 2.45) is 17.2 Å². The molecule has 61 heavy (non-hydrogen) atoms. The fraction of sp³-hybridized carbons (Fsp3) is 0.356. The molecule has 4 atom stereocenters. The summed E-state index contributed by atoms with van der Waals surface area (Å²) in [4.78, 5) is 69.7. The van der Waals surface area contributed by atoms with Crippen LogP contribution in [0.25, 0.3) is 22.3 Å². The lowest BCUT2D eigenvalue weighted by Gasteiger charge is -2.32. The average molecular weight is 856 g/mol. The van der Waals surface area contributed by atoms with Gasteiger partial charge in [0.2, 0.25) is 23.6 Å². The summed E-state index contributed by atoms with van der Waals surface area (Å²) in [5, 5.41) is 18.9. The van der Waals surface area contributed by atoms with Crippen molar-refractivity contribution in [1.29, 1.82) is 0 Å². The minimum absolute atomic E-state index is 0.0135. The summed E-state index contributed by atoms with van der Waals surface area (Å²) in [6.07, 6.45) is 1.23. The van der Waals surface area contributed by atoms with E-state index < -0.39 is 53.8 Å². The highest BCUT2D eigenvalue weighted by molar-refractivity contribution is 6.30. The Morgan fingerprint density at radius 1 is 0.820 bits per heavy atom. The summed E-state index contributed by atoms with van der Waals surface area (Å²) in [6, 6.07) is 20.1. The topological polar surface area (TPSA) is 241 Å². The Labute approximate surface area is 360 Å². The molecule has 1 aliphatic heterocycles. The highest BCUT2D eigenvalue weighted by Gasteiger charge is 2.36. The summed E-state index contributed by atoms with van der Waals surface area (Å²) >= 11 is 6.05. The van der Waals surface area contributed by atoms with Crippen molar-refractivity contribution >= 4 is 41.2 Å². The Kier molecular flexibility index (Phi) is 16.6. The van der Waals surface area contributed by atoms with E-state index in [1.807, 2.05) is 36.4 Å². The Balaban J connectivity index is 1.53. The molecule has 324 valence electrons. The number of unbranched alkanes of at least 4 members (excludes halogenated alkanes) is 1. The molecule has 0 radical (unpaired) electrons. The fourth-order valence-corrected chi connectivity index (χ4v) is 7.21. The zero-order chi connectivity index (χ0) is 44.1. The molecule has 10 N–H and O–H groups in total. The van der Waals surface area contributed by atoms with Gasteiger partial charge in [0.1, 0.15) is 48.9 Å². The maximum absolute atomic E-state index is 14.6. The SMILES string of the molecule is C[C@H]1NC(=O)[C@@H](N(C)C(=O)[C@@H](CCCCN)NC(=O)Cc2ccc(-c3ccc(Cl)cc3)cc2)c2ccc(OCCN)c(c2)-c2cc(ccc2OCCN)C[C@@H](C(=O)O)NC1=O. The first-order valence-electron chi connectivity index (χ1n) is 20.2. The molecule has 0 fully saturated rings. The van der Waals surface area contributed by atoms with E-state index in [0.717, 1.165) is 16.7 Å². The third-order valence-electron chi connectivity index (χ3n) is 10.3. The van der Waals surface area contributed by atoms with Gasteiger partial charge >= 0.3 is 5.97 Å². The van der Waals surface area contributed by atoms with Crippen molar-refractivity contribution in [1.82, 2.24) is 20.9 Å². The molecule has 1 heterocycles. The van der Waals surface area contributed by atoms with E-state index in [9.17, 15) is 29.1 Å². The van der Waals surface area contributed by atoms with Gasteiger partial charge in [-0.15, -0.1) is 0 Å². The van der Waals surface area contributed by atoms with Crippen molar-refractivity contribution in [3.05, 3.63) is 107 Å². The molecular weight excluding hydrogens is 802 g/mol. The van der Waals surface area contributed by atoms with Gasteiger partial charge in [-0.05, 0) is 96.9 Å². The average Bonchev–Trinajstić information content (AvgIpc) is 3.24. The second-order valence-electron chi connectivity index (χ2n) is 14.8. The number of carbonyl (C=O) groups excluding carboxylic acids is 4. The summed E-state index contributed by atoms with van der Waals surface area (Å²) in [5.74, 6) is -2.94. The number of nitrogens with two attached hydrogens (primary N) is 3. The number of carbonyl (C=O) groups is 5. The highest BCUT2D eigenvalue weighted by atomic mass is 35.5. The number of benzene rings is 4. The predicted molar refractivity (Wildman–Crippen MR) is 233 cm³/mol. The van der Waals surface area contributed by atoms with E-state index in [2.05, 4.69) is 16.0 Å². The number of nitrogens with zero attached hydrogens (tertiary/aromatic N) is 1. The number of rotatable bonds is 17. The second-order valence-corrected chi connectivity index (χ2v) is 15.3. The van der Waals surface area contributed by atoms with Crippen LogP contribution in [-0.4, -0.2) is 97.6 Å². The Bertz CT molecular complexity index is 2170. The van der Waals surface area contributed by atoms with Crippen LogP contribution < -0.4 is 42.6 Å². The van der Waals surface area contributed by atoms with Crippen molar-refractivity contribution < 1.29 is 38.6 Å². The molecule has 0 saturated carbocycles. The monoisotopic (exact) mass is 855 g/mol. The van der Waals surface area contributed by atoms with E-state index in [1.54, 1.807) is 48.5 Å². The number of ether oxygens (including phenoxy) is 2. The standard InChI is InChI=1S/C45H54ClN7O8/c1-27-42(55)52-37(45(58)59)24-29-8-16-38(60-21-19-48)34(23-29)35-26-32(13-17-39(35)61-22-20-49)41(43(56)50-27)53(2)44(57)36(5-3-4-18-47)51-40(54)25-28-6-9-30(10-7-28)31-11-14-33(46)15-12-31/h6-17,23,26-27,36-37,41H,3-5,18-22,24-25,47-49H2,1-2H3,(H,50,56)(H,51,54)(H,52,55)(H,58,59)/t27-,36-,37+,41+/m1/s1. The fourth-order valence-electron chi connectivity index (χ4n) is 7.08. The Morgan fingerprint density at radius 2 is 1.43 bits per heavy atom. The molecule has 4 bridgehead atoms. The maximum Gasteiger partial charge on any atom is 0.326 e. The first kappa shape index (κ1) is 46.1. The van der Waals surface area contributed by atoms with Crippen LogP contribution in [-0.2, 0) is 36.8 Å². The zero-order valence-corrected chi connectivity index (χ0v) is 35.1. The number of fused-ring (bicyclic) bond motifs is 5. The molecule has 4 aromatic carbocycles. The van der Waals surface area contributed by atoms with Crippen LogP contribution in [0.15, 0.2) is 84.9 Å². The molecule has 16 heteroatoms. The minimum atomic E-state index is -1.35. The first-order valence-corrected chi connectivity index (χ1v) is 20.6. The van der Waals surface area contributed by atoms with Crippen molar-refractivity contribution in [2.75, 3.05) is 39.9 Å². The maximum atomic E-state index is 14.6. The third-order valence-corrected chi connectivity index (χ3v) is 10.5. The van der Waals surface area contributed by atoms with E-state index in [-0.39, 0.29) is 45.6 Å². The lowest BCUT2D eigenvalue weighted by Crippen LogP contribution is -2.55. The number of hydrogen-bond donors (Lipinski definition) is 7. The van der Waals surface area contributed by atoms with Crippen molar-refractivity contribution in [3.8, 4) is 33.8 Å². The van der Waals surface area contributed by atoms with Crippen LogP contribution >= 0.6 is 11.6 Å². The number of hydrogen-bond acceptors (Lipinski definition) is 10. The number of carboxylic acid groups (broad SMARTS) is 1. The quantitative estimate of drug-likeness (QED) is 0.0760. The Hall–Kier alpha value is -6.00. The molecule has 1 aliphatic rings. The van der Waals surface area contributed by atoms with Crippen molar-refractivity contribution in [3.63, 3.8) is 0 Å². The van der Waals surface area contributed by atoms with Gasteiger partial charge in [0.25, 0.3) is 0 Å². The molecule has 4 aromatic rings. The normalized spacial score (nSPS) is 16.9. The summed E-state index contributed by atoms with van der Waals surface area (Å²) < 4.78 is 12.1. The summed E-state index contributed by atoms with van der Waals surface area (Å²) in [5.41, 5.74) is 21.9. The number of halogens is 1. The number of aliphatic carboxylic acids is 1. The lowest BCUT2D eigenvalue weighted by molar-refractivity contribution is -0.143. The van der Waals surface area contributed by atoms with Gasteiger partial charge in [-0.25, -0.2) is 4.79 Å². The largest absolute Gasteiger partial charge is 0.492 e. The summed E-state index contributed by atoms with van der Waals surface area (Å²) in [6.45, 7) is 2.50. The van der Waals surface area contributed by atoms with Gasteiger partial charge < -0.3 is 52.6 Å². The molecule has 0 unspecified atom stereocenters. The number of carboxylic acids is 1. The minimum Gasteiger partial charge on any atom is -0.492 e. The molecule has 5 rings (SSSR count). The summed E-state index contributed by atoms with van der Waals surface area (Å²) in [7, 11) is 1.45. The van der Waals surface area contributed by atoms with E-state index in [4.69, 9.17) is 38.3 Å². The smallest absolute Gasteiger partial charge is 0.326 e. The third kappa shape index (κ3) is 12.3. The highest BCUT2D eigenvalue weighted by Crippen LogP contribution is 2.40. The molecule has 4 amide bonds. The van der Waals surface area contributed by atoms with Crippen LogP contribution in [0.2, 0.25) is 5.02 Å². The first-order chi connectivity index (χ1) is 29.3. The van der Waals surface area contributed by atoms with Crippen LogP contribution in [0.4, 0.5) is 0 Å². The van der Waals surface area contributed by atoms with Crippen LogP contribution in [0.5, 0.6) is 11.5 Å². The molecule has 0 aliphatic carbocycles. The Morgan fingerprint density at radius 3 is 2.03 bits per heavy atom. The lowest BCUT2D eigenvalue weighted by atomic mass is 9.93. The van der Waals surface area contributed by atoms with Gasteiger partial charge in [0.05, 0.1) is 6.42 Å². The molecule has 15 nitrogen and oxygen atoms in total. The second kappa shape index (κ2) is 22.0. The van der Waals surface area contributed by atoms with E-state index >= 15 is 0 Å². The van der Waals surface area contributed by atoms with Gasteiger partial charge in [0.15, 0.2) is 0 Å². The van der Waals surface area contributed by atoms with Gasteiger partial charge in [-0.2, -0.15) is 0 Å². The van der Waals surface area contributed by atoms with E-state index in [1.165, 1.54) is 18.9 Å². The number of likely N-dealkylation sites (N-methyl/N-ethyl adjacent to an activating group) is 1. The molecule has 0 aromatic heterocycles. The van der Waals surface area contributed by atoms with Crippen LogP contribution in [0, 0.1) is 0 Å². The molecule has 0 spiro atoms. The van der Waals surface area contributed by atoms with Gasteiger partial charge in [-0.3, -0.25) is 19.2 Å². The van der Waals surface area contributed by atoms with Gasteiger partial charge in [-0.1, -0.05) is 60.1 Å².